The number of rotatable bonds is 6. The number of aliphatic hydroxyl groups excluding tert-OH is 1. The molecule has 3 N–H and O–H groups in total. The summed E-state index contributed by atoms with van der Waals surface area (Å²) in [5.41, 5.74) is 0.611. The van der Waals surface area contributed by atoms with Gasteiger partial charge in [-0.05, 0) is 32.0 Å². The molecule has 3 rings (SSSR count). The van der Waals surface area contributed by atoms with Crippen LogP contribution in [0.2, 0.25) is 0 Å². The molecule has 3 atom stereocenters. The molecule has 2 saturated heterocycles. The van der Waals surface area contributed by atoms with Crippen molar-refractivity contribution in [1.29, 1.82) is 0 Å². The van der Waals surface area contributed by atoms with Crippen LogP contribution in [0.5, 0.6) is 5.75 Å². The predicted octanol–water partition coefficient (Wildman–Crippen LogP) is 0.889. The third kappa shape index (κ3) is 6.07. The Morgan fingerprint density at radius 2 is 2.00 bits per heavy atom. The van der Waals surface area contributed by atoms with Crippen molar-refractivity contribution in [3.8, 4) is 5.75 Å². The van der Waals surface area contributed by atoms with E-state index in [1.54, 1.807) is 31.4 Å². The molecule has 0 bridgehead atoms. The molecule has 30 heavy (non-hydrogen) atoms. The summed E-state index contributed by atoms with van der Waals surface area (Å²) < 4.78 is 11.1. The van der Waals surface area contributed by atoms with Gasteiger partial charge in [0.15, 0.2) is 0 Å². The first-order chi connectivity index (χ1) is 14.5. The highest BCUT2D eigenvalue weighted by atomic mass is 16.5. The lowest BCUT2D eigenvalue weighted by atomic mass is 9.97. The van der Waals surface area contributed by atoms with Gasteiger partial charge in [-0.15, -0.1) is 0 Å². The fourth-order valence-electron chi connectivity index (χ4n) is 3.86. The molecule has 9 heteroatoms. The average Bonchev–Trinajstić information content (AvgIpc) is 2.75. The molecule has 0 aromatic heterocycles. The number of hydrogen-bond acceptors (Lipinski definition) is 6. The van der Waals surface area contributed by atoms with E-state index in [-0.39, 0.29) is 30.7 Å². The van der Waals surface area contributed by atoms with E-state index < -0.39 is 6.10 Å². The number of methoxy groups -OCH3 is 1. The van der Waals surface area contributed by atoms with Gasteiger partial charge < -0.3 is 35.0 Å². The van der Waals surface area contributed by atoms with Crippen molar-refractivity contribution < 1.29 is 24.2 Å². The first-order valence-corrected chi connectivity index (χ1v) is 10.4. The van der Waals surface area contributed by atoms with Gasteiger partial charge in [0.05, 0.1) is 32.3 Å². The van der Waals surface area contributed by atoms with Crippen molar-refractivity contribution in [3.63, 3.8) is 0 Å². The molecule has 166 valence electrons. The summed E-state index contributed by atoms with van der Waals surface area (Å²) in [6.07, 6.45) is 0.814. The van der Waals surface area contributed by atoms with Crippen molar-refractivity contribution in [1.82, 2.24) is 15.1 Å². The van der Waals surface area contributed by atoms with E-state index >= 15 is 0 Å². The van der Waals surface area contributed by atoms with Crippen LogP contribution in [-0.4, -0.2) is 92.0 Å². The van der Waals surface area contributed by atoms with E-state index in [1.807, 2.05) is 4.90 Å². The summed E-state index contributed by atoms with van der Waals surface area (Å²) in [5.74, 6) is 0.738. The fourth-order valence-corrected chi connectivity index (χ4v) is 3.86. The zero-order chi connectivity index (χ0) is 21.5. The Morgan fingerprint density at radius 1 is 1.23 bits per heavy atom. The number of benzene rings is 1. The van der Waals surface area contributed by atoms with Gasteiger partial charge in [-0.3, -0.25) is 4.79 Å². The number of urea groups is 1. The van der Waals surface area contributed by atoms with Crippen molar-refractivity contribution in [2.24, 2.45) is 0 Å². The third-order valence-electron chi connectivity index (χ3n) is 5.70. The van der Waals surface area contributed by atoms with Crippen LogP contribution in [-0.2, 0) is 9.53 Å². The SMILES string of the molecule is COc1cccc(NC(=O)N[C@H]2CC[C@H](CC(=O)N3CCN(C)CC3)O[C@H]2CO)c1. The van der Waals surface area contributed by atoms with Gasteiger partial charge in [0.2, 0.25) is 5.91 Å². The van der Waals surface area contributed by atoms with Gasteiger partial charge in [-0.25, -0.2) is 4.79 Å². The number of amides is 3. The number of likely N-dealkylation sites (N-methyl/N-ethyl adjacent to an activating group) is 1. The van der Waals surface area contributed by atoms with Gasteiger partial charge in [-0.1, -0.05) is 6.07 Å². The first-order valence-electron chi connectivity index (χ1n) is 10.4. The van der Waals surface area contributed by atoms with Crippen LogP contribution in [0.4, 0.5) is 10.5 Å². The second-order valence-corrected chi connectivity index (χ2v) is 7.88. The Balaban J connectivity index is 1.47. The summed E-state index contributed by atoms with van der Waals surface area (Å²) in [4.78, 5) is 29.0. The van der Waals surface area contributed by atoms with Crippen LogP contribution >= 0.6 is 0 Å². The van der Waals surface area contributed by atoms with Crippen LogP contribution < -0.4 is 15.4 Å². The standard InChI is InChI=1S/C21H32N4O5/c1-24-8-10-25(11-9-24)20(27)13-17-6-7-18(19(14-26)30-17)23-21(28)22-15-4-3-5-16(12-15)29-2/h3-5,12,17-19,26H,6-11,13-14H2,1-2H3,(H2,22,23,28)/t17-,18+,19+/m1/s1. The molecule has 9 nitrogen and oxygen atoms in total. The quantitative estimate of drug-likeness (QED) is 0.632. The summed E-state index contributed by atoms with van der Waals surface area (Å²) in [6.45, 7) is 3.01. The molecule has 2 aliphatic rings. The molecule has 0 radical (unpaired) electrons. The third-order valence-corrected chi connectivity index (χ3v) is 5.70. The van der Waals surface area contributed by atoms with Gasteiger partial charge >= 0.3 is 6.03 Å². The monoisotopic (exact) mass is 420 g/mol. The molecule has 2 aliphatic heterocycles. The molecular weight excluding hydrogens is 388 g/mol. The predicted molar refractivity (Wildman–Crippen MR) is 113 cm³/mol. The number of nitrogens with zero attached hydrogens (tertiary/aromatic N) is 2. The van der Waals surface area contributed by atoms with Crippen LogP contribution in [0, 0.1) is 0 Å². The lowest BCUT2D eigenvalue weighted by molar-refractivity contribution is -0.141. The Hall–Kier alpha value is -2.36. The number of hydrogen-bond donors (Lipinski definition) is 3. The zero-order valence-electron chi connectivity index (χ0n) is 17.7. The minimum Gasteiger partial charge on any atom is -0.497 e. The minimum absolute atomic E-state index is 0.0898. The van der Waals surface area contributed by atoms with Gasteiger partial charge in [0, 0.05) is 37.9 Å². The number of piperazine rings is 1. The maximum Gasteiger partial charge on any atom is 0.319 e. The van der Waals surface area contributed by atoms with Crippen molar-refractivity contribution in [3.05, 3.63) is 24.3 Å². The largest absolute Gasteiger partial charge is 0.497 e. The number of anilines is 1. The van der Waals surface area contributed by atoms with Gasteiger partial charge in [0.25, 0.3) is 0 Å². The van der Waals surface area contributed by atoms with Crippen LogP contribution in [0.25, 0.3) is 0 Å². The number of aliphatic hydroxyl groups is 1. The smallest absolute Gasteiger partial charge is 0.319 e. The van der Waals surface area contributed by atoms with E-state index in [0.717, 1.165) is 26.2 Å². The molecule has 0 unspecified atom stereocenters. The number of nitrogens with one attached hydrogen (secondary N) is 2. The van der Waals surface area contributed by atoms with Crippen molar-refractivity contribution in [2.45, 2.75) is 37.5 Å². The molecule has 0 aliphatic carbocycles. The summed E-state index contributed by atoms with van der Waals surface area (Å²) in [5, 5.41) is 15.4. The van der Waals surface area contributed by atoms with E-state index in [9.17, 15) is 14.7 Å². The number of carbonyl (C=O) groups is 2. The molecule has 1 aromatic rings. The van der Waals surface area contributed by atoms with E-state index in [0.29, 0.717) is 30.7 Å². The second kappa shape index (κ2) is 10.6. The highest BCUT2D eigenvalue weighted by Crippen LogP contribution is 2.23. The number of ether oxygens (including phenoxy) is 2. The molecule has 3 amide bonds. The highest BCUT2D eigenvalue weighted by molar-refractivity contribution is 5.89. The van der Waals surface area contributed by atoms with E-state index in [2.05, 4.69) is 22.6 Å². The summed E-state index contributed by atoms with van der Waals surface area (Å²) in [6, 6.07) is 6.38. The van der Waals surface area contributed by atoms with Gasteiger partial charge in [-0.2, -0.15) is 0 Å². The van der Waals surface area contributed by atoms with Gasteiger partial charge in [0.1, 0.15) is 11.9 Å². The summed E-state index contributed by atoms with van der Waals surface area (Å²) >= 11 is 0. The lowest BCUT2D eigenvalue weighted by Crippen LogP contribution is -2.53. The summed E-state index contributed by atoms with van der Waals surface area (Å²) in [7, 11) is 3.62. The normalized spacial score (nSPS) is 24.9. The highest BCUT2D eigenvalue weighted by Gasteiger charge is 2.34. The first kappa shape index (κ1) is 22.3. The van der Waals surface area contributed by atoms with E-state index in [1.165, 1.54) is 0 Å². The van der Waals surface area contributed by atoms with Crippen LogP contribution in [0.3, 0.4) is 0 Å². The Bertz CT molecular complexity index is 723. The lowest BCUT2D eigenvalue weighted by Gasteiger charge is -2.37. The number of carbonyl (C=O) groups excluding carboxylic acids is 2. The van der Waals surface area contributed by atoms with E-state index in [4.69, 9.17) is 9.47 Å². The van der Waals surface area contributed by atoms with Crippen LogP contribution in [0.15, 0.2) is 24.3 Å². The molecule has 2 fully saturated rings. The van der Waals surface area contributed by atoms with Crippen LogP contribution in [0.1, 0.15) is 19.3 Å². The maximum atomic E-state index is 12.6. The molecule has 0 spiro atoms. The maximum absolute atomic E-state index is 12.6. The molecule has 2 heterocycles. The minimum atomic E-state index is -0.542. The zero-order valence-corrected chi connectivity index (χ0v) is 17.7. The van der Waals surface area contributed by atoms with Crippen molar-refractivity contribution in [2.75, 3.05) is 52.3 Å². The fraction of sp³-hybridized carbons (Fsp3) is 0.619. The molecular formula is C21H32N4O5. The molecule has 0 saturated carbocycles. The Morgan fingerprint density at radius 3 is 2.70 bits per heavy atom. The second-order valence-electron chi connectivity index (χ2n) is 7.88. The Labute approximate surface area is 177 Å². The Kier molecular flexibility index (Phi) is 7.89. The molecule has 1 aromatic carbocycles. The average molecular weight is 421 g/mol. The van der Waals surface area contributed by atoms with Crippen molar-refractivity contribution >= 4 is 17.6 Å². The topological polar surface area (TPSA) is 103 Å².